The molecule has 9 heteroatoms. The van der Waals surface area contributed by atoms with Gasteiger partial charge in [-0.05, 0) is 49.2 Å². The molecular formula is C19H17BrF3N3O2. The maximum Gasteiger partial charge on any atom is 0.390 e. The Morgan fingerprint density at radius 3 is 2.61 bits per heavy atom. The highest BCUT2D eigenvalue weighted by Gasteiger charge is 2.26. The number of rotatable bonds is 5. The van der Waals surface area contributed by atoms with E-state index in [0.717, 1.165) is 11.3 Å². The zero-order valence-corrected chi connectivity index (χ0v) is 16.6. The van der Waals surface area contributed by atoms with Gasteiger partial charge in [-0.3, -0.25) is 4.57 Å². The first-order valence-electron chi connectivity index (χ1n) is 8.39. The molecule has 0 spiro atoms. The van der Waals surface area contributed by atoms with Gasteiger partial charge in [0.25, 0.3) is 0 Å². The SMILES string of the molecule is Cc1c(C(=O)O)ccc(-n2cnc3c(NCCC(F)(F)F)cc(Br)cc32)c1C. The molecule has 2 N–H and O–H groups in total. The molecule has 5 nitrogen and oxygen atoms in total. The zero-order valence-electron chi connectivity index (χ0n) is 15.1. The van der Waals surface area contributed by atoms with E-state index in [1.165, 1.54) is 6.07 Å². The summed E-state index contributed by atoms with van der Waals surface area (Å²) in [5.41, 5.74) is 4.12. The van der Waals surface area contributed by atoms with E-state index >= 15 is 0 Å². The maximum absolute atomic E-state index is 12.4. The number of aromatic nitrogens is 2. The highest BCUT2D eigenvalue weighted by Crippen LogP contribution is 2.31. The predicted molar refractivity (Wildman–Crippen MR) is 104 cm³/mol. The van der Waals surface area contributed by atoms with Crippen LogP contribution in [-0.2, 0) is 0 Å². The predicted octanol–water partition coefficient (Wildman–Crippen LogP) is 5.47. The molecule has 0 aliphatic rings. The number of carbonyl (C=O) groups is 1. The first kappa shape index (κ1) is 20.2. The summed E-state index contributed by atoms with van der Waals surface area (Å²) in [7, 11) is 0. The van der Waals surface area contributed by atoms with E-state index < -0.39 is 18.6 Å². The third kappa shape index (κ3) is 3.99. The van der Waals surface area contributed by atoms with Crippen molar-refractivity contribution in [3.05, 3.63) is 51.8 Å². The Bertz CT molecular complexity index is 1060. The van der Waals surface area contributed by atoms with E-state index in [0.29, 0.717) is 26.8 Å². The number of hydrogen-bond donors (Lipinski definition) is 2. The maximum atomic E-state index is 12.4. The lowest BCUT2D eigenvalue weighted by Gasteiger charge is -2.14. The first-order chi connectivity index (χ1) is 13.1. The quantitative estimate of drug-likeness (QED) is 0.535. The number of hydrogen-bond acceptors (Lipinski definition) is 3. The molecule has 1 aromatic heterocycles. The van der Waals surface area contributed by atoms with Crippen LogP contribution in [0.2, 0.25) is 0 Å². The van der Waals surface area contributed by atoms with Crippen LogP contribution >= 0.6 is 15.9 Å². The fraction of sp³-hybridized carbons (Fsp3) is 0.263. The Hall–Kier alpha value is -2.55. The van der Waals surface area contributed by atoms with Crippen LogP contribution in [0.5, 0.6) is 0 Å². The number of alkyl halides is 3. The Morgan fingerprint density at radius 2 is 1.96 bits per heavy atom. The number of benzene rings is 2. The van der Waals surface area contributed by atoms with Crippen molar-refractivity contribution in [3.63, 3.8) is 0 Å². The van der Waals surface area contributed by atoms with Crippen LogP contribution in [0.1, 0.15) is 27.9 Å². The Balaban J connectivity index is 2.05. The monoisotopic (exact) mass is 455 g/mol. The average Bonchev–Trinajstić information content (AvgIpc) is 2.99. The molecule has 0 saturated heterocycles. The topological polar surface area (TPSA) is 67.1 Å². The molecule has 1 heterocycles. The number of aromatic carboxylic acids is 1. The highest BCUT2D eigenvalue weighted by atomic mass is 79.9. The molecule has 0 atom stereocenters. The van der Waals surface area contributed by atoms with Crippen molar-refractivity contribution in [3.8, 4) is 5.69 Å². The Morgan fingerprint density at radius 1 is 1.25 bits per heavy atom. The summed E-state index contributed by atoms with van der Waals surface area (Å²) in [5.74, 6) is -0.999. The fourth-order valence-electron chi connectivity index (χ4n) is 3.05. The number of nitrogens with one attached hydrogen (secondary N) is 1. The number of imidazole rings is 1. The van der Waals surface area contributed by atoms with Gasteiger partial charge in [0.1, 0.15) is 11.8 Å². The van der Waals surface area contributed by atoms with E-state index in [1.807, 2.05) is 13.0 Å². The lowest BCUT2D eigenvalue weighted by atomic mass is 10.0. The molecule has 148 valence electrons. The minimum absolute atomic E-state index is 0.223. The second-order valence-corrected chi connectivity index (χ2v) is 7.33. The van der Waals surface area contributed by atoms with E-state index in [4.69, 9.17) is 0 Å². The zero-order chi connectivity index (χ0) is 20.6. The molecule has 0 aliphatic heterocycles. The Labute approximate surface area is 167 Å². The summed E-state index contributed by atoms with van der Waals surface area (Å²) in [6.45, 7) is 3.30. The van der Waals surface area contributed by atoms with Crippen LogP contribution < -0.4 is 5.32 Å². The van der Waals surface area contributed by atoms with Gasteiger partial charge in [-0.2, -0.15) is 13.2 Å². The number of anilines is 1. The number of fused-ring (bicyclic) bond motifs is 1. The van der Waals surface area contributed by atoms with E-state index in [1.54, 1.807) is 30.0 Å². The lowest BCUT2D eigenvalue weighted by molar-refractivity contribution is -0.131. The third-order valence-corrected chi connectivity index (χ3v) is 5.05. The normalized spacial score (nSPS) is 11.8. The standard InChI is InChI=1S/C19H17BrF3N3O2/c1-10-11(2)15(4-3-13(10)18(27)28)26-9-25-17-14(7-12(20)8-16(17)26)24-6-5-19(21,22)23/h3-4,7-9,24H,5-6H2,1-2H3,(H,27,28). The molecule has 0 unspecified atom stereocenters. The van der Waals surface area contributed by atoms with Crippen LogP contribution in [-0.4, -0.2) is 33.3 Å². The van der Waals surface area contributed by atoms with Crippen molar-refractivity contribution in [2.75, 3.05) is 11.9 Å². The van der Waals surface area contributed by atoms with Crippen LogP contribution in [0.4, 0.5) is 18.9 Å². The highest BCUT2D eigenvalue weighted by molar-refractivity contribution is 9.10. The van der Waals surface area contributed by atoms with Crippen molar-refractivity contribution in [1.82, 2.24) is 9.55 Å². The minimum atomic E-state index is -4.24. The molecule has 0 radical (unpaired) electrons. The first-order valence-corrected chi connectivity index (χ1v) is 9.19. The summed E-state index contributed by atoms with van der Waals surface area (Å²) in [4.78, 5) is 15.7. The summed E-state index contributed by atoms with van der Waals surface area (Å²) < 4.78 is 39.8. The minimum Gasteiger partial charge on any atom is -0.478 e. The van der Waals surface area contributed by atoms with E-state index in [2.05, 4.69) is 26.2 Å². The van der Waals surface area contributed by atoms with E-state index in [-0.39, 0.29) is 12.1 Å². The van der Waals surface area contributed by atoms with Gasteiger partial charge in [0.15, 0.2) is 0 Å². The van der Waals surface area contributed by atoms with Crippen LogP contribution in [0, 0.1) is 13.8 Å². The van der Waals surface area contributed by atoms with Gasteiger partial charge >= 0.3 is 12.1 Å². The van der Waals surface area contributed by atoms with Gasteiger partial charge in [-0.1, -0.05) is 15.9 Å². The van der Waals surface area contributed by atoms with Crippen molar-refractivity contribution < 1.29 is 23.1 Å². The van der Waals surface area contributed by atoms with Crippen molar-refractivity contribution in [2.45, 2.75) is 26.4 Å². The summed E-state index contributed by atoms with van der Waals surface area (Å²) in [6, 6.07) is 6.73. The van der Waals surface area contributed by atoms with Crippen LogP contribution in [0.3, 0.4) is 0 Å². The van der Waals surface area contributed by atoms with Crippen molar-refractivity contribution in [1.29, 1.82) is 0 Å². The molecule has 0 fully saturated rings. The van der Waals surface area contributed by atoms with E-state index in [9.17, 15) is 23.1 Å². The molecule has 0 amide bonds. The van der Waals surface area contributed by atoms with Crippen LogP contribution in [0.15, 0.2) is 35.1 Å². The van der Waals surface area contributed by atoms with Crippen molar-refractivity contribution >= 4 is 38.6 Å². The fourth-order valence-corrected chi connectivity index (χ4v) is 3.49. The molecule has 3 aromatic rings. The number of nitrogens with zero attached hydrogens (tertiary/aromatic N) is 2. The summed E-state index contributed by atoms with van der Waals surface area (Å²) in [5, 5.41) is 12.1. The van der Waals surface area contributed by atoms with Gasteiger partial charge in [0, 0.05) is 11.0 Å². The summed E-state index contributed by atoms with van der Waals surface area (Å²) >= 11 is 3.39. The third-order valence-electron chi connectivity index (χ3n) is 4.59. The largest absolute Gasteiger partial charge is 0.478 e. The number of halogens is 4. The molecule has 28 heavy (non-hydrogen) atoms. The molecule has 0 saturated carbocycles. The van der Waals surface area contributed by atoms with Crippen molar-refractivity contribution in [2.24, 2.45) is 0 Å². The Kier molecular flexibility index (Phi) is 5.38. The lowest BCUT2D eigenvalue weighted by Crippen LogP contribution is -2.14. The molecule has 0 bridgehead atoms. The van der Waals surface area contributed by atoms with Crippen LogP contribution in [0.25, 0.3) is 16.7 Å². The molecule has 3 rings (SSSR count). The van der Waals surface area contributed by atoms with Gasteiger partial charge < -0.3 is 10.4 Å². The molecular weight excluding hydrogens is 439 g/mol. The number of carboxylic acids is 1. The van der Waals surface area contributed by atoms with Gasteiger partial charge in [-0.15, -0.1) is 0 Å². The summed E-state index contributed by atoms with van der Waals surface area (Å²) in [6.07, 6.45) is -3.61. The van der Waals surface area contributed by atoms with Gasteiger partial charge in [0.2, 0.25) is 0 Å². The smallest absolute Gasteiger partial charge is 0.390 e. The van der Waals surface area contributed by atoms with Gasteiger partial charge in [0.05, 0.1) is 28.9 Å². The average molecular weight is 456 g/mol. The molecule has 2 aromatic carbocycles. The second-order valence-electron chi connectivity index (χ2n) is 6.42. The second kappa shape index (κ2) is 7.46. The van der Waals surface area contributed by atoms with Gasteiger partial charge in [-0.25, -0.2) is 9.78 Å². The number of carboxylic acid groups (broad SMARTS) is 1. The molecule has 0 aliphatic carbocycles.